The minimum Gasteiger partial charge on any atom is -0.384 e. The quantitative estimate of drug-likeness (QED) is 0.773. The Hall–Kier alpha value is -1.17. The smallest absolute Gasteiger partial charge is 0.150 e. The van der Waals surface area contributed by atoms with E-state index in [1.165, 1.54) is 24.8 Å². The van der Waals surface area contributed by atoms with E-state index in [-0.39, 0.29) is 6.23 Å². The third-order valence-electron chi connectivity index (χ3n) is 5.28. The van der Waals surface area contributed by atoms with Crippen molar-refractivity contribution in [3.63, 3.8) is 0 Å². The predicted octanol–water partition coefficient (Wildman–Crippen LogP) is 4.87. The van der Waals surface area contributed by atoms with Gasteiger partial charge in [0.1, 0.15) is 12.3 Å². The maximum atomic E-state index is 11.2. The molecule has 4 rings (SSSR count). The first kappa shape index (κ1) is 17.3. The van der Waals surface area contributed by atoms with Gasteiger partial charge in [-0.2, -0.15) is 5.10 Å². The van der Waals surface area contributed by atoms with E-state index in [0.717, 1.165) is 47.2 Å². The molecule has 0 radical (unpaired) electrons. The van der Waals surface area contributed by atoms with Crippen LogP contribution in [0.15, 0.2) is 28.9 Å². The van der Waals surface area contributed by atoms with Crippen molar-refractivity contribution < 1.29 is 9.84 Å². The lowest BCUT2D eigenvalue weighted by Crippen LogP contribution is -2.18. The van der Waals surface area contributed by atoms with Crippen LogP contribution in [0.25, 0.3) is 0 Å². The number of rotatable bonds is 5. The molecule has 1 aromatic carbocycles. The lowest BCUT2D eigenvalue weighted by molar-refractivity contribution is -0.0397. The first-order chi connectivity index (χ1) is 12.2. The Morgan fingerprint density at radius 1 is 1.28 bits per heavy atom. The number of aliphatic hydroxyl groups is 1. The number of halogens is 1. The predicted molar refractivity (Wildman–Crippen MR) is 101 cm³/mol. The van der Waals surface area contributed by atoms with Gasteiger partial charge in [0.15, 0.2) is 0 Å². The van der Waals surface area contributed by atoms with Crippen molar-refractivity contribution in [3.8, 4) is 0 Å². The first-order valence-electron chi connectivity index (χ1n) is 9.34. The summed E-state index contributed by atoms with van der Waals surface area (Å²) in [5.74, 6) is 0.597. The largest absolute Gasteiger partial charge is 0.384 e. The van der Waals surface area contributed by atoms with Gasteiger partial charge in [-0.25, -0.2) is 4.68 Å². The molecular weight excluding hydrogens is 380 g/mol. The van der Waals surface area contributed by atoms with Crippen molar-refractivity contribution in [1.29, 1.82) is 0 Å². The molecule has 1 N–H and O–H groups in total. The summed E-state index contributed by atoms with van der Waals surface area (Å²) >= 11 is 3.56. The number of hydrogen-bond donors (Lipinski definition) is 1. The Bertz CT molecular complexity index is 748. The second kappa shape index (κ2) is 7.22. The molecule has 25 heavy (non-hydrogen) atoms. The summed E-state index contributed by atoms with van der Waals surface area (Å²) in [5.41, 5.74) is 4.16. The molecule has 0 bridgehead atoms. The number of hydrogen-bond acceptors (Lipinski definition) is 3. The Labute approximate surface area is 157 Å². The van der Waals surface area contributed by atoms with Crippen LogP contribution in [-0.2, 0) is 11.2 Å². The zero-order valence-corrected chi connectivity index (χ0v) is 16.2. The zero-order valence-electron chi connectivity index (χ0n) is 14.6. The highest BCUT2D eigenvalue weighted by Gasteiger charge is 2.30. The van der Waals surface area contributed by atoms with Crippen LogP contribution in [0.4, 0.5) is 0 Å². The average Bonchev–Trinajstić information content (AvgIpc) is 3.39. The highest BCUT2D eigenvalue weighted by atomic mass is 79.9. The molecule has 1 aliphatic heterocycles. The number of benzene rings is 1. The summed E-state index contributed by atoms with van der Waals surface area (Å²) in [6, 6.07) is 6.29. The summed E-state index contributed by atoms with van der Waals surface area (Å²) in [6.07, 6.45) is 7.89. The number of aliphatic hydroxyl groups excluding tert-OH is 1. The Kier molecular flexibility index (Phi) is 4.98. The molecule has 1 saturated carbocycles. The van der Waals surface area contributed by atoms with E-state index in [2.05, 4.69) is 41.1 Å². The van der Waals surface area contributed by atoms with Gasteiger partial charge in [-0.3, -0.25) is 0 Å². The van der Waals surface area contributed by atoms with Crippen LogP contribution in [0.5, 0.6) is 0 Å². The highest BCUT2D eigenvalue weighted by molar-refractivity contribution is 9.10. The van der Waals surface area contributed by atoms with Crippen molar-refractivity contribution in [3.05, 3.63) is 51.3 Å². The van der Waals surface area contributed by atoms with Crippen molar-refractivity contribution in [1.82, 2.24) is 9.78 Å². The van der Waals surface area contributed by atoms with E-state index in [1.54, 1.807) is 0 Å². The van der Waals surface area contributed by atoms with Crippen molar-refractivity contribution in [2.45, 2.75) is 63.7 Å². The Morgan fingerprint density at radius 3 is 2.80 bits per heavy atom. The fourth-order valence-electron chi connectivity index (χ4n) is 3.74. The molecule has 0 amide bonds. The fraction of sp³-hybridized carbons (Fsp3) is 0.550. The van der Waals surface area contributed by atoms with E-state index in [1.807, 2.05) is 10.9 Å². The second-order valence-electron chi connectivity index (χ2n) is 7.14. The van der Waals surface area contributed by atoms with Gasteiger partial charge >= 0.3 is 0 Å². The van der Waals surface area contributed by atoms with Crippen molar-refractivity contribution >= 4 is 15.9 Å². The second-order valence-corrected chi connectivity index (χ2v) is 8.05. The molecule has 2 unspecified atom stereocenters. The van der Waals surface area contributed by atoms with Gasteiger partial charge in [0, 0.05) is 22.8 Å². The lowest BCUT2D eigenvalue weighted by atomic mass is 9.94. The standard InChI is InChI=1S/C20H25BrN2O2/c1-2-18-17(12-23(22-18)19-5-3-4-10-25-19)20(24)16-11-14(21)8-9-15(16)13-6-7-13/h8-9,11-13,19-20,24H,2-7,10H2,1H3. The molecule has 2 fully saturated rings. The van der Waals surface area contributed by atoms with Gasteiger partial charge < -0.3 is 9.84 Å². The van der Waals surface area contributed by atoms with Gasteiger partial charge in [0.2, 0.25) is 0 Å². The summed E-state index contributed by atoms with van der Waals surface area (Å²) < 4.78 is 8.79. The first-order valence-corrected chi connectivity index (χ1v) is 10.1. The molecule has 1 aromatic heterocycles. The van der Waals surface area contributed by atoms with Crippen molar-refractivity contribution in [2.24, 2.45) is 0 Å². The van der Waals surface area contributed by atoms with Crippen LogP contribution < -0.4 is 0 Å². The minimum absolute atomic E-state index is 0.00501. The minimum atomic E-state index is -0.639. The van der Waals surface area contributed by atoms with E-state index in [9.17, 15) is 5.11 Å². The van der Waals surface area contributed by atoms with Crippen LogP contribution in [0.3, 0.4) is 0 Å². The molecule has 2 atom stereocenters. The molecule has 2 aliphatic rings. The van der Waals surface area contributed by atoms with Crippen LogP contribution in [0, 0.1) is 0 Å². The summed E-state index contributed by atoms with van der Waals surface area (Å²) in [6.45, 7) is 2.88. The number of nitrogens with zero attached hydrogens (tertiary/aromatic N) is 2. The molecule has 2 aromatic rings. The van der Waals surface area contributed by atoms with Crippen LogP contribution in [-0.4, -0.2) is 21.5 Å². The molecule has 1 saturated heterocycles. The van der Waals surface area contributed by atoms with E-state index >= 15 is 0 Å². The fourth-order valence-corrected chi connectivity index (χ4v) is 4.12. The molecule has 0 spiro atoms. The summed E-state index contributed by atoms with van der Waals surface area (Å²) in [7, 11) is 0. The van der Waals surface area contributed by atoms with Gasteiger partial charge in [-0.05, 0) is 67.7 Å². The summed E-state index contributed by atoms with van der Waals surface area (Å²) in [5, 5.41) is 15.9. The van der Waals surface area contributed by atoms with Crippen LogP contribution in [0.1, 0.15) is 79.7 Å². The monoisotopic (exact) mass is 404 g/mol. The maximum absolute atomic E-state index is 11.2. The van der Waals surface area contributed by atoms with Gasteiger partial charge in [0.05, 0.1) is 5.69 Å². The normalized spacial score (nSPS) is 22.1. The SMILES string of the molecule is CCc1nn(C2CCCCO2)cc1C(O)c1cc(Br)ccc1C1CC1. The third-order valence-corrected chi connectivity index (χ3v) is 5.77. The number of aryl methyl sites for hydroxylation is 1. The zero-order chi connectivity index (χ0) is 17.4. The molecule has 4 nitrogen and oxygen atoms in total. The summed E-state index contributed by atoms with van der Waals surface area (Å²) in [4.78, 5) is 0. The third kappa shape index (κ3) is 3.55. The van der Waals surface area contributed by atoms with E-state index in [0.29, 0.717) is 5.92 Å². The highest BCUT2D eigenvalue weighted by Crippen LogP contribution is 2.45. The lowest BCUT2D eigenvalue weighted by Gasteiger charge is -2.22. The molecule has 134 valence electrons. The van der Waals surface area contributed by atoms with Crippen molar-refractivity contribution in [2.75, 3.05) is 6.61 Å². The molecule has 1 aliphatic carbocycles. The van der Waals surface area contributed by atoms with Gasteiger partial charge in [-0.15, -0.1) is 0 Å². The average molecular weight is 405 g/mol. The van der Waals surface area contributed by atoms with Crippen LogP contribution >= 0.6 is 15.9 Å². The van der Waals surface area contributed by atoms with E-state index < -0.39 is 6.10 Å². The topological polar surface area (TPSA) is 47.3 Å². The van der Waals surface area contributed by atoms with Gasteiger partial charge in [0.25, 0.3) is 0 Å². The molecule has 5 heteroatoms. The Morgan fingerprint density at radius 2 is 2.12 bits per heavy atom. The molecular formula is C20H25BrN2O2. The Balaban J connectivity index is 1.69. The maximum Gasteiger partial charge on any atom is 0.150 e. The number of aromatic nitrogens is 2. The van der Waals surface area contributed by atoms with Crippen LogP contribution in [0.2, 0.25) is 0 Å². The number of ether oxygens (including phenoxy) is 1. The van der Waals surface area contributed by atoms with Gasteiger partial charge in [-0.1, -0.05) is 28.9 Å². The molecule has 2 heterocycles. The van der Waals surface area contributed by atoms with E-state index in [4.69, 9.17) is 9.84 Å².